The second kappa shape index (κ2) is 3.98. The van der Waals surface area contributed by atoms with Crippen molar-refractivity contribution in [3.63, 3.8) is 0 Å². The predicted molar refractivity (Wildman–Crippen MR) is 51.3 cm³/mol. The van der Waals surface area contributed by atoms with Crippen LogP contribution in [0.2, 0.25) is 5.02 Å². The van der Waals surface area contributed by atoms with E-state index in [1.165, 1.54) is 6.20 Å². The van der Waals surface area contributed by atoms with Gasteiger partial charge in [0.15, 0.2) is 0 Å². The van der Waals surface area contributed by atoms with Gasteiger partial charge in [-0.1, -0.05) is 11.6 Å². The third kappa shape index (κ3) is 2.05. The summed E-state index contributed by atoms with van der Waals surface area (Å²) in [6.45, 7) is 1.28. The average molecular weight is 216 g/mol. The molecule has 2 heterocycles. The van der Waals surface area contributed by atoms with Gasteiger partial charge in [0.05, 0.1) is 19.4 Å². The normalized spacial score (nSPS) is 21.1. The molecule has 0 unspecified atom stereocenters. The number of aromatic nitrogens is 2. The van der Waals surface area contributed by atoms with Gasteiger partial charge in [0.1, 0.15) is 11.1 Å². The number of anilines is 1. The van der Waals surface area contributed by atoms with Crippen molar-refractivity contribution < 1.29 is 9.47 Å². The van der Waals surface area contributed by atoms with Gasteiger partial charge in [-0.2, -0.15) is 4.98 Å². The van der Waals surface area contributed by atoms with Crippen LogP contribution in [-0.2, 0) is 4.74 Å². The van der Waals surface area contributed by atoms with Crippen molar-refractivity contribution >= 4 is 17.5 Å². The fourth-order valence-electron chi connectivity index (χ4n) is 1.21. The molecule has 2 N–H and O–H groups in total. The Hall–Kier alpha value is -1.07. The second-order valence-electron chi connectivity index (χ2n) is 2.98. The number of nitrogens with zero attached hydrogens (tertiary/aromatic N) is 2. The van der Waals surface area contributed by atoms with Crippen LogP contribution in [0.25, 0.3) is 0 Å². The Kier molecular flexibility index (Phi) is 2.69. The van der Waals surface area contributed by atoms with Crippen molar-refractivity contribution in [3.05, 3.63) is 11.2 Å². The summed E-state index contributed by atoms with van der Waals surface area (Å²) in [4.78, 5) is 7.63. The topological polar surface area (TPSA) is 70.3 Å². The van der Waals surface area contributed by atoms with Gasteiger partial charge in [-0.25, -0.2) is 4.98 Å². The smallest absolute Gasteiger partial charge is 0.237 e. The van der Waals surface area contributed by atoms with E-state index in [0.29, 0.717) is 24.1 Å². The maximum atomic E-state index is 5.83. The number of rotatable bonds is 2. The van der Waals surface area contributed by atoms with Gasteiger partial charge >= 0.3 is 0 Å². The Labute approximate surface area is 86.2 Å². The van der Waals surface area contributed by atoms with Gasteiger partial charge in [-0.05, 0) is 0 Å². The Morgan fingerprint density at radius 2 is 2.50 bits per heavy atom. The highest BCUT2D eigenvalue weighted by Crippen LogP contribution is 2.23. The molecule has 1 fully saturated rings. The number of hydrogen-bond acceptors (Lipinski definition) is 5. The Morgan fingerprint density at radius 3 is 3.21 bits per heavy atom. The molecular formula is C8H10ClN3O2. The maximum absolute atomic E-state index is 5.83. The van der Waals surface area contributed by atoms with Gasteiger partial charge in [-0.15, -0.1) is 0 Å². The molecule has 0 spiro atoms. The van der Waals surface area contributed by atoms with E-state index < -0.39 is 0 Å². The van der Waals surface area contributed by atoms with Gasteiger partial charge < -0.3 is 15.2 Å². The van der Waals surface area contributed by atoms with E-state index in [0.717, 1.165) is 6.42 Å². The molecule has 1 aliphatic rings. The highest BCUT2D eigenvalue weighted by molar-refractivity contribution is 6.31. The summed E-state index contributed by atoms with van der Waals surface area (Å²) >= 11 is 5.83. The molecule has 0 bridgehead atoms. The summed E-state index contributed by atoms with van der Waals surface area (Å²) in [5, 5.41) is 0.367. The van der Waals surface area contributed by atoms with Crippen molar-refractivity contribution in [1.29, 1.82) is 0 Å². The minimum atomic E-state index is 0.0156. The molecule has 6 heteroatoms. The van der Waals surface area contributed by atoms with Crippen LogP contribution in [-0.4, -0.2) is 29.3 Å². The molecule has 14 heavy (non-hydrogen) atoms. The molecule has 0 aliphatic carbocycles. The van der Waals surface area contributed by atoms with Crippen molar-refractivity contribution in [2.45, 2.75) is 12.5 Å². The second-order valence-corrected chi connectivity index (χ2v) is 3.39. The molecule has 1 aromatic rings. The highest BCUT2D eigenvalue weighted by atomic mass is 35.5. The molecule has 5 nitrogen and oxygen atoms in total. The monoisotopic (exact) mass is 215 g/mol. The number of halogens is 1. The lowest BCUT2D eigenvalue weighted by Crippen LogP contribution is -2.17. The Bertz CT molecular complexity index is 328. The summed E-state index contributed by atoms with van der Waals surface area (Å²) in [6.07, 6.45) is 2.29. The van der Waals surface area contributed by atoms with E-state index in [-0.39, 0.29) is 12.1 Å². The lowest BCUT2D eigenvalue weighted by molar-refractivity contribution is 0.138. The third-order valence-electron chi connectivity index (χ3n) is 1.90. The summed E-state index contributed by atoms with van der Waals surface area (Å²) in [6, 6.07) is 0. The fourth-order valence-corrected chi connectivity index (χ4v) is 1.35. The quantitative estimate of drug-likeness (QED) is 0.793. The van der Waals surface area contributed by atoms with Crippen LogP contribution in [0.5, 0.6) is 5.88 Å². The number of nitrogens with two attached hydrogens (primary N) is 1. The van der Waals surface area contributed by atoms with E-state index in [1.807, 2.05) is 0 Å². The molecule has 1 aromatic heterocycles. The first-order valence-corrected chi connectivity index (χ1v) is 4.66. The average Bonchev–Trinajstić information content (AvgIpc) is 2.64. The number of ether oxygens (including phenoxy) is 2. The minimum absolute atomic E-state index is 0.0156. The largest absolute Gasteiger partial charge is 0.471 e. The summed E-state index contributed by atoms with van der Waals surface area (Å²) < 4.78 is 10.7. The first kappa shape index (κ1) is 9.48. The van der Waals surface area contributed by atoms with E-state index in [9.17, 15) is 0 Å². The summed E-state index contributed by atoms with van der Waals surface area (Å²) in [5.41, 5.74) is 5.41. The zero-order valence-electron chi connectivity index (χ0n) is 7.44. The SMILES string of the molecule is Nc1ncc(Cl)c(O[C@H]2CCOC2)n1. The van der Waals surface area contributed by atoms with Crippen LogP contribution in [0, 0.1) is 0 Å². The standard InChI is InChI=1S/C8H10ClN3O2/c9-6-3-11-8(10)12-7(6)14-5-1-2-13-4-5/h3,5H,1-2,4H2,(H2,10,11,12)/t5-/m0/s1. The number of hydrogen-bond donors (Lipinski definition) is 1. The van der Waals surface area contributed by atoms with Gasteiger partial charge in [0.2, 0.25) is 11.8 Å². The first-order chi connectivity index (χ1) is 6.75. The maximum Gasteiger partial charge on any atom is 0.237 e. The van der Waals surface area contributed by atoms with Crippen LogP contribution >= 0.6 is 11.6 Å². The zero-order chi connectivity index (χ0) is 9.97. The Balaban J connectivity index is 2.10. The molecule has 2 rings (SSSR count). The lowest BCUT2D eigenvalue weighted by Gasteiger charge is -2.11. The van der Waals surface area contributed by atoms with E-state index in [4.69, 9.17) is 26.8 Å². The van der Waals surface area contributed by atoms with Gasteiger partial charge in [-0.3, -0.25) is 0 Å². The van der Waals surface area contributed by atoms with Crippen LogP contribution in [0.15, 0.2) is 6.20 Å². The van der Waals surface area contributed by atoms with E-state index >= 15 is 0 Å². The molecular weight excluding hydrogens is 206 g/mol. The lowest BCUT2D eigenvalue weighted by atomic mass is 10.3. The Morgan fingerprint density at radius 1 is 1.64 bits per heavy atom. The van der Waals surface area contributed by atoms with Crippen molar-refractivity contribution in [3.8, 4) is 5.88 Å². The zero-order valence-corrected chi connectivity index (χ0v) is 8.20. The van der Waals surface area contributed by atoms with Crippen LogP contribution < -0.4 is 10.5 Å². The van der Waals surface area contributed by atoms with Crippen LogP contribution in [0.1, 0.15) is 6.42 Å². The van der Waals surface area contributed by atoms with Gasteiger partial charge in [0.25, 0.3) is 0 Å². The molecule has 76 valence electrons. The molecule has 1 atom stereocenters. The van der Waals surface area contributed by atoms with Crippen molar-refractivity contribution in [2.75, 3.05) is 18.9 Å². The summed E-state index contributed by atoms with van der Waals surface area (Å²) in [7, 11) is 0. The fraction of sp³-hybridized carbons (Fsp3) is 0.500. The number of nitrogen functional groups attached to an aromatic ring is 1. The van der Waals surface area contributed by atoms with E-state index in [1.54, 1.807) is 0 Å². The highest BCUT2D eigenvalue weighted by Gasteiger charge is 2.19. The molecule has 0 radical (unpaired) electrons. The van der Waals surface area contributed by atoms with E-state index in [2.05, 4.69) is 9.97 Å². The molecule has 0 saturated carbocycles. The van der Waals surface area contributed by atoms with Gasteiger partial charge in [0, 0.05) is 6.42 Å². The first-order valence-electron chi connectivity index (χ1n) is 4.28. The van der Waals surface area contributed by atoms with Crippen LogP contribution in [0.3, 0.4) is 0 Å². The van der Waals surface area contributed by atoms with Crippen molar-refractivity contribution in [2.24, 2.45) is 0 Å². The molecule has 1 saturated heterocycles. The molecule has 1 aliphatic heterocycles. The third-order valence-corrected chi connectivity index (χ3v) is 2.16. The predicted octanol–water partition coefficient (Wildman–Crippen LogP) is 0.880. The minimum Gasteiger partial charge on any atom is -0.471 e. The van der Waals surface area contributed by atoms with Crippen molar-refractivity contribution in [1.82, 2.24) is 9.97 Å². The summed E-state index contributed by atoms with van der Waals surface area (Å²) in [5.74, 6) is 0.484. The van der Waals surface area contributed by atoms with Crippen LogP contribution in [0.4, 0.5) is 5.95 Å². The molecule has 0 amide bonds. The molecule has 0 aromatic carbocycles.